The zero-order valence-electron chi connectivity index (χ0n) is 18.5. The van der Waals surface area contributed by atoms with Crippen LogP contribution in [-0.4, -0.2) is 44.5 Å². The molecule has 8 nitrogen and oxygen atoms in total. The second-order valence-corrected chi connectivity index (χ2v) is 7.85. The van der Waals surface area contributed by atoms with Gasteiger partial charge in [0.25, 0.3) is 0 Å². The fourth-order valence-electron chi connectivity index (χ4n) is 4.24. The first-order valence-corrected chi connectivity index (χ1v) is 10.8. The second-order valence-electron chi connectivity index (χ2n) is 7.85. The van der Waals surface area contributed by atoms with Gasteiger partial charge in [-0.2, -0.15) is 0 Å². The molecule has 5 rings (SSSR count). The standard InChI is InChI=1S/C26H21N5O3.ClH/c32-24(15-17-9-11-28-21-7-3-1-5-18(17)21)30-25(26(33)34)20-10-14-31(23-16-27-12-13-29-23)22-8-4-2-6-19(20)22;/h1-13,16,25H,14-15H2,(H,30,32)(H,33,34);1H. The van der Waals surface area contributed by atoms with E-state index < -0.39 is 12.0 Å². The zero-order chi connectivity index (χ0) is 23.5. The van der Waals surface area contributed by atoms with Gasteiger partial charge in [0.15, 0.2) is 11.9 Å². The Morgan fingerprint density at radius 2 is 1.80 bits per heavy atom. The quantitative estimate of drug-likeness (QED) is 0.426. The van der Waals surface area contributed by atoms with Crippen LogP contribution in [0.15, 0.2) is 85.5 Å². The number of pyridine rings is 1. The molecule has 0 fully saturated rings. The minimum absolute atomic E-state index is 0. The number of hydrogen-bond donors (Lipinski definition) is 2. The van der Waals surface area contributed by atoms with Gasteiger partial charge in [-0.05, 0) is 29.3 Å². The lowest BCUT2D eigenvalue weighted by atomic mass is 9.92. The highest BCUT2D eigenvalue weighted by Crippen LogP contribution is 2.36. The van der Waals surface area contributed by atoms with Gasteiger partial charge in [-0.25, -0.2) is 9.78 Å². The number of carbonyl (C=O) groups excluding carboxylic acids is 1. The molecule has 4 aromatic rings. The summed E-state index contributed by atoms with van der Waals surface area (Å²) in [7, 11) is 0. The van der Waals surface area contributed by atoms with Crippen LogP contribution in [0.2, 0.25) is 0 Å². The molecule has 0 bridgehead atoms. The van der Waals surface area contributed by atoms with Gasteiger partial charge in [-0.15, -0.1) is 12.4 Å². The number of hydrogen-bond acceptors (Lipinski definition) is 6. The molecule has 0 aliphatic carbocycles. The number of nitrogens with zero attached hydrogens (tertiary/aromatic N) is 4. The lowest BCUT2D eigenvalue weighted by Gasteiger charge is -2.31. The monoisotopic (exact) mass is 487 g/mol. The van der Waals surface area contributed by atoms with E-state index in [2.05, 4.69) is 20.3 Å². The molecular formula is C26H22ClN5O3. The van der Waals surface area contributed by atoms with E-state index in [9.17, 15) is 14.7 Å². The zero-order valence-corrected chi connectivity index (χ0v) is 19.4. The average Bonchev–Trinajstić information content (AvgIpc) is 2.87. The third kappa shape index (κ3) is 4.83. The molecule has 1 amide bonds. The van der Waals surface area contributed by atoms with Crippen molar-refractivity contribution in [1.29, 1.82) is 0 Å². The number of rotatable bonds is 6. The molecule has 1 atom stereocenters. The molecule has 0 saturated carbocycles. The molecule has 2 N–H and O–H groups in total. The maximum absolute atomic E-state index is 13.0. The van der Waals surface area contributed by atoms with Crippen molar-refractivity contribution in [1.82, 2.24) is 20.3 Å². The SMILES string of the molecule is Cl.O=C(Cc1ccnc2ccccc12)NC(C(=O)O)C1=CCN(c2cnccn2)c2ccccc21. The molecule has 35 heavy (non-hydrogen) atoms. The third-order valence-corrected chi connectivity index (χ3v) is 5.78. The van der Waals surface area contributed by atoms with E-state index >= 15 is 0 Å². The third-order valence-electron chi connectivity index (χ3n) is 5.78. The number of fused-ring (bicyclic) bond motifs is 2. The smallest absolute Gasteiger partial charge is 0.330 e. The number of carboxylic acids is 1. The molecule has 0 radical (unpaired) electrons. The van der Waals surface area contributed by atoms with Crippen LogP contribution in [0.5, 0.6) is 0 Å². The van der Waals surface area contributed by atoms with E-state index in [1.807, 2.05) is 59.5 Å². The Labute approximate surface area is 207 Å². The summed E-state index contributed by atoms with van der Waals surface area (Å²) in [4.78, 5) is 40.0. The molecule has 0 spiro atoms. The van der Waals surface area contributed by atoms with Gasteiger partial charge in [0.05, 0.1) is 23.8 Å². The van der Waals surface area contributed by atoms with Crippen LogP contribution in [0.4, 0.5) is 11.5 Å². The van der Waals surface area contributed by atoms with Crippen LogP contribution in [0.1, 0.15) is 11.1 Å². The number of nitrogens with one attached hydrogen (secondary N) is 1. The summed E-state index contributed by atoms with van der Waals surface area (Å²) < 4.78 is 0. The highest BCUT2D eigenvalue weighted by Gasteiger charge is 2.31. The van der Waals surface area contributed by atoms with Gasteiger partial charge in [-0.1, -0.05) is 42.5 Å². The summed E-state index contributed by atoms with van der Waals surface area (Å²) in [5, 5.41) is 13.6. The van der Waals surface area contributed by atoms with Crippen LogP contribution in [-0.2, 0) is 16.0 Å². The predicted molar refractivity (Wildman–Crippen MR) is 136 cm³/mol. The number of para-hydroxylation sites is 2. The number of halogens is 1. The first-order valence-electron chi connectivity index (χ1n) is 10.8. The Morgan fingerprint density at radius 1 is 1.00 bits per heavy atom. The van der Waals surface area contributed by atoms with Crippen LogP contribution in [0.3, 0.4) is 0 Å². The van der Waals surface area contributed by atoms with Gasteiger partial charge >= 0.3 is 5.97 Å². The summed E-state index contributed by atoms with van der Waals surface area (Å²) in [6.45, 7) is 0.402. The highest BCUT2D eigenvalue weighted by molar-refractivity contribution is 6.00. The van der Waals surface area contributed by atoms with E-state index in [-0.39, 0.29) is 24.7 Å². The number of carbonyl (C=O) groups is 2. The Kier molecular flexibility index (Phi) is 7.03. The van der Waals surface area contributed by atoms with Crippen molar-refractivity contribution in [3.05, 3.63) is 96.6 Å². The fraction of sp³-hybridized carbons (Fsp3) is 0.115. The van der Waals surface area contributed by atoms with Crippen LogP contribution < -0.4 is 10.2 Å². The van der Waals surface area contributed by atoms with E-state index in [0.717, 1.165) is 27.7 Å². The van der Waals surface area contributed by atoms with Crippen molar-refractivity contribution in [2.45, 2.75) is 12.5 Å². The number of anilines is 2. The molecule has 9 heteroatoms. The number of amides is 1. The average molecular weight is 488 g/mol. The first kappa shape index (κ1) is 23.8. The number of aliphatic carboxylic acids is 1. The fourth-order valence-corrected chi connectivity index (χ4v) is 4.24. The number of aromatic nitrogens is 3. The molecule has 2 aromatic carbocycles. The van der Waals surface area contributed by atoms with Crippen LogP contribution in [0.25, 0.3) is 16.5 Å². The Bertz CT molecular complexity index is 1410. The van der Waals surface area contributed by atoms with Crippen molar-refractivity contribution >= 4 is 52.3 Å². The summed E-state index contributed by atoms with van der Waals surface area (Å²) in [5.74, 6) is -0.842. The molecule has 1 unspecified atom stereocenters. The molecule has 2 aromatic heterocycles. The van der Waals surface area contributed by atoms with Gasteiger partial charge < -0.3 is 15.3 Å². The second kappa shape index (κ2) is 10.3. The Balaban J connectivity index is 0.00000289. The maximum atomic E-state index is 13.0. The minimum Gasteiger partial charge on any atom is -0.479 e. The summed E-state index contributed by atoms with van der Waals surface area (Å²) in [6.07, 6.45) is 8.39. The van der Waals surface area contributed by atoms with Gasteiger partial charge in [0.1, 0.15) is 0 Å². The first-order chi connectivity index (χ1) is 16.6. The van der Waals surface area contributed by atoms with Crippen molar-refractivity contribution in [2.24, 2.45) is 0 Å². The van der Waals surface area contributed by atoms with E-state index in [0.29, 0.717) is 17.9 Å². The maximum Gasteiger partial charge on any atom is 0.330 e. The Hall–Kier alpha value is -4.30. The normalized spacial score (nSPS) is 13.3. The molecule has 3 heterocycles. The van der Waals surface area contributed by atoms with E-state index in [1.165, 1.54) is 0 Å². The molecular weight excluding hydrogens is 466 g/mol. The topological polar surface area (TPSA) is 108 Å². The molecule has 176 valence electrons. The van der Waals surface area contributed by atoms with Crippen molar-refractivity contribution in [2.75, 3.05) is 11.4 Å². The van der Waals surface area contributed by atoms with E-state index in [1.54, 1.807) is 30.9 Å². The van der Waals surface area contributed by atoms with Crippen molar-refractivity contribution in [3.63, 3.8) is 0 Å². The lowest BCUT2D eigenvalue weighted by Crippen LogP contribution is -2.43. The van der Waals surface area contributed by atoms with Crippen LogP contribution >= 0.6 is 12.4 Å². The predicted octanol–water partition coefficient (Wildman–Crippen LogP) is 3.79. The summed E-state index contributed by atoms with van der Waals surface area (Å²) >= 11 is 0. The number of carboxylic acid groups (broad SMARTS) is 1. The highest BCUT2D eigenvalue weighted by atomic mass is 35.5. The van der Waals surface area contributed by atoms with Gasteiger partial charge in [-0.3, -0.25) is 14.8 Å². The largest absolute Gasteiger partial charge is 0.479 e. The molecule has 1 aliphatic rings. The Morgan fingerprint density at radius 3 is 2.60 bits per heavy atom. The lowest BCUT2D eigenvalue weighted by molar-refractivity contribution is -0.139. The minimum atomic E-state index is -1.19. The molecule has 1 aliphatic heterocycles. The van der Waals surface area contributed by atoms with Crippen molar-refractivity contribution in [3.8, 4) is 0 Å². The van der Waals surface area contributed by atoms with Gasteiger partial charge in [0.2, 0.25) is 5.91 Å². The van der Waals surface area contributed by atoms with Crippen molar-refractivity contribution < 1.29 is 14.7 Å². The number of benzene rings is 2. The van der Waals surface area contributed by atoms with E-state index in [4.69, 9.17) is 0 Å². The summed E-state index contributed by atoms with van der Waals surface area (Å²) in [5.41, 5.74) is 3.65. The molecule has 0 saturated heterocycles. The van der Waals surface area contributed by atoms with Crippen LogP contribution in [0, 0.1) is 0 Å². The van der Waals surface area contributed by atoms with Gasteiger partial charge in [0, 0.05) is 36.1 Å². The summed E-state index contributed by atoms with van der Waals surface area (Å²) in [6, 6.07) is 15.6.